The van der Waals surface area contributed by atoms with Crippen LogP contribution in [0.2, 0.25) is 0 Å². The minimum absolute atomic E-state index is 0.0661. The fraction of sp³-hybridized carbons (Fsp3) is 0.250. The molecule has 1 heterocycles. The summed E-state index contributed by atoms with van der Waals surface area (Å²) in [5, 5.41) is 0.0661. The summed E-state index contributed by atoms with van der Waals surface area (Å²) in [5.41, 5.74) is 7.28. The summed E-state index contributed by atoms with van der Waals surface area (Å²) in [6.45, 7) is 4.63. The van der Waals surface area contributed by atoms with Gasteiger partial charge < -0.3 is 10.3 Å². The first-order valence-corrected chi connectivity index (χ1v) is 8.35. The molecule has 2 aromatic carbocycles. The first-order chi connectivity index (χ1) is 12.0. The number of hydrogen-bond donors (Lipinski definition) is 1. The summed E-state index contributed by atoms with van der Waals surface area (Å²) in [7, 11) is 0. The third-order valence-corrected chi connectivity index (χ3v) is 4.53. The molecule has 3 aromatic rings. The van der Waals surface area contributed by atoms with Crippen LogP contribution < -0.4 is 11.2 Å². The van der Waals surface area contributed by atoms with Crippen molar-refractivity contribution in [2.45, 2.75) is 33.4 Å². The van der Waals surface area contributed by atoms with Crippen molar-refractivity contribution in [1.29, 1.82) is 0 Å². The Morgan fingerprint density at radius 3 is 2.32 bits per heavy atom. The second-order valence-electron chi connectivity index (χ2n) is 5.94. The van der Waals surface area contributed by atoms with E-state index in [1.165, 1.54) is 6.07 Å². The van der Waals surface area contributed by atoms with Crippen molar-refractivity contribution in [2.24, 2.45) is 5.73 Å². The number of fused-ring (bicyclic) bond motifs is 1. The van der Waals surface area contributed by atoms with Crippen molar-refractivity contribution in [1.82, 2.24) is 4.57 Å². The van der Waals surface area contributed by atoms with Crippen LogP contribution in [0.25, 0.3) is 22.0 Å². The van der Waals surface area contributed by atoms with E-state index in [1.807, 2.05) is 13.8 Å². The van der Waals surface area contributed by atoms with E-state index in [9.17, 15) is 9.18 Å². The number of hydrogen-bond acceptors (Lipinski definition) is 2. The Labute approximate surface area is 144 Å². The smallest absolute Gasteiger partial charge is 0.189 e. The van der Waals surface area contributed by atoms with Crippen LogP contribution in [0.3, 0.4) is 0 Å². The molecule has 0 aliphatic heterocycles. The van der Waals surface area contributed by atoms with Gasteiger partial charge in [0.2, 0.25) is 0 Å². The van der Waals surface area contributed by atoms with Gasteiger partial charge in [-0.2, -0.15) is 0 Å². The average Bonchev–Trinajstić information content (AvgIpc) is 2.62. The summed E-state index contributed by atoms with van der Waals surface area (Å²) in [5.74, 6) is -1.45. The van der Waals surface area contributed by atoms with Crippen molar-refractivity contribution in [3.05, 3.63) is 69.5 Å². The van der Waals surface area contributed by atoms with Crippen LogP contribution >= 0.6 is 0 Å². The Hall–Kier alpha value is -2.53. The van der Waals surface area contributed by atoms with Crippen LogP contribution in [0.5, 0.6) is 0 Å². The minimum atomic E-state index is -0.741. The standard InChI is InChI=1S/C20H20F2N2O/c1-3-14-9-17(25)15-10-16(21)18(19(22)20(15)24(14)4-2)13-7-5-12(11-23)6-8-13/h5-10H,3-4,11,23H2,1-2H3. The van der Waals surface area contributed by atoms with Gasteiger partial charge in [0.25, 0.3) is 0 Å². The van der Waals surface area contributed by atoms with E-state index in [-0.39, 0.29) is 21.9 Å². The van der Waals surface area contributed by atoms with Crippen LogP contribution in [-0.2, 0) is 19.5 Å². The van der Waals surface area contributed by atoms with Crippen LogP contribution in [0, 0.1) is 11.6 Å². The van der Waals surface area contributed by atoms with Crippen LogP contribution in [0.4, 0.5) is 8.78 Å². The molecule has 0 aliphatic carbocycles. The van der Waals surface area contributed by atoms with E-state index in [1.54, 1.807) is 28.8 Å². The topological polar surface area (TPSA) is 48.0 Å². The van der Waals surface area contributed by atoms with E-state index in [0.29, 0.717) is 25.1 Å². The molecule has 0 radical (unpaired) electrons. The summed E-state index contributed by atoms with van der Waals surface area (Å²) >= 11 is 0. The fourth-order valence-corrected chi connectivity index (χ4v) is 3.24. The van der Waals surface area contributed by atoms with Gasteiger partial charge in [-0.15, -0.1) is 0 Å². The molecule has 0 amide bonds. The molecule has 3 nitrogen and oxygen atoms in total. The molecule has 0 spiro atoms. The predicted molar refractivity (Wildman–Crippen MR) is 96.5 cm³/mol. The lowest BCUT2D eigenvalue weighted by Gasteiger charge is -2.17. The van der Waals surface area contributed by atoms with Crippen molar-refractivity contribution in [2.75, 3.05) is 0 Å². The van der Waals surface area contributed by atoms with Gasteiger partial charge in [-0.05, 0) is 30.5 Å². The third kappa shape index (κ3) is 2.85. The van der Waals surface area contributed by atoms with Crippen LogP contribution in [0.15, 0.2) is 41.2 Å². The largest absolute Gasteiger partial charge is 0.342 e. The molecule has 0 saturated heterocycles. The zero-order chi connectivity index (χ0) is 18.1. The Morgan fingerprint density at radius 1 is 1.08 bits per heavy atom. The quantitative estimate of drug-likeness (QED) is 0.779. The molecule has 2 N–H and O–H groups in total. The van der Waals surface area contributed by atoms with Gasteiger partial charge in [0, 0.05) is 24.8 Å². The highest BCUT2D eigenvalue weighted by Gasteiger charge is 2.20. The first kappa shape index (κ1) is 17.3. The molecule has 0 fully saturated rings. The van der Waals surface area contributed by atoms with Crippen molar-refractivity contribution in [3.8, 4) is 11.1 Å². The van der Waals surface area contributed by atoms with E-state index >= 15 is 4.39 Å². The predicted octanol–water partition coefficient (Wildman–Crippen LogP) is 3.99. The van der Waals surface area contributed by atoms with Gasteiger partial charge in [-0.3, -0.25) is 4.79 Å². The number of nitrogens with zero attached hydrogens (tertiary/aromatic N) is 1. The molecule has 1 aromatic heterocycles. The Kier molecular flexibility index (Phi) is 4.68. The summed E-state index contributed by atoms with van der Waals surface area (Å²) in [6, 6.07) is 9.38. The van der Waals surface area contributed by atoms with Gasteiger partial charge in [0.15, 0.2) is 11.2 Å². The lowest BCUT2D eigenvalue weighted by atomic mass is 9.99. The number of aromatic nitrogens is 1. The second-order valence-corrected chi connectivity index (χ2v) is 5.94. The number of aryl methyl sites for hydroxylation is 2. The zero-order valence-corrected chi connectivity index (χ0v) is 14.3. The second kappa shape index (κ2) is 6.76. The SMILES string of the molecule is CCc1cc(=O)c2cc(F)c(-c3ccc(CN)cc3)c(F)c2n1CC. The van der Waals surface area contributed by atoms with E-state index in [0.717, 1.165) is 17.3 Å². The van der Waals surface area contributed by atoms with E-state index < -0.39 is 11.6 Å². The van der Waals surface area contributed by atoms with Gasteiger partial charge >= 0.3 is 0 Å². The molecule has 3 rings (SSSR count). The molecular formula is C20H20F2N2O. The summed E-state index contributed by atoms with van der Waals surface area (Å²) in [4.78, 5) is 12.3. The minimum Gasteiger partial charge on any atom is -0.342 e. The van der Waals surface area contributed by atoms with Gasteiger partial charge in [-0.25, -0.2) is 8.78 Å². The zero-order valence-electron chi connectivity index (χ0n) is 14.3. The number of halogens is 2. The van der Waals surface area contributed by atoms with Crippen LogP contribution in [-0.4, -0.2) is 4.57 Å². The number of pyridine rings is 1. The molecule has 25 heavy (non-hydrogen) atoms. The maximum absolute atomic E-state index is 15.3. The highest BCUT2D eigenvalue weighted by molar-refractivity contribution is 5.86. The Balaban J connectivity index is 2.39. The third-order valence-electron chi connectivity index (χ3n) is 4.53. The molecule has 0 atom stereocenters. The van der Waals surface area contributed by atoms with Crippen molar-refractivity contribution >= 4 is 10.9 Å². The fourth-order valence-electron chi connectivity index (χ4n) is 3.24. The van der Waals surface area contributed by atoms with Gasteiger partial charge in [-0.1, -0.05) is 31.2 Å². The monoisotopic (exact) mass is 342 g/mol. The highest BCUT2D eigenvalue weighted by atomic mass is 19.1. The van der Waals surface area contributed by atoms with Crippen molar-refractivity contribution < 1.29 is 8.78 Å². The number of benzene rings is 2. The van der Waals surface area contributed by atoms with E-state index in [4.69, 9.17) is 5.73 Å². The maximum Gasteiger partial charge on any atom is 0.189 e. The molecule has 0 aliphatic rings. The molecule has 0 bridgehead atoms. The molecule has 0 saturated carbocycles. The summed E-state index contributed by atoms with van der Waals surface area (Å²) in [6.07, 6.45) is 0.594. The summed E-state index contributed by atoms with van der Waals surface area (Å²) < 4.78 is 31.7. The van der Waals surface area contributed by atoms with E-state index in [2.05, 4.69) is 0 Å². The van der Waals surface area contributed by atoms with Gasteiger partial charge in [0.05, 0.1) is 16.5 Å². The van der Waals surface area contributed by atoms with Crippen LogP contribution in [0.1, 0.15) is 25.1 Å². The normalized spacial score (nSPS) is 11.2. The molecule has 130 valence electrons. The van der Waals surface area contributed by atoms with Crippen molar-refractivity contribution in [3.63, 3.8) is 0 Å². The highest BCUT2D eigenvalue weighted by Crippen LogP contribution is 2.31. The lowest BCUT2D eigenvalue weighted by Crippen LogP contribution is -2.15. The average molecular weight is 342 g/mol. The number of rotatable bonds is 4. The number of nitrogens with two attached hydrogens (primary N) is 1. The lowest BCUT2D eigenvalue weighted by molar-refractivity contribution is 0.588. The molecule has 5 heteroatoms. The van der Waals surface area contributed by atoms with Gasteiger partial charge in [0.1, 0.15) is 5.82 Å². The first-order valence-electron chi connectivity index (χ1n) is 8.35. The maximum atomic E-state index is 15.3. The molecule has 0 unspecified atom stereocenters. The Morgan fingerprint density at radius 2 is 1.76 bits per heavy atom. The molecular weight excluding hydrogens is 322 g/mol. The Bertz CT molecular complexity index is 991.